The van der Waals surface area contributed by atoms with Crippen LogP contribution < -0.4 is 4.90 Å². The van der Waals surface area contributed by atoms with Gasteiger partial charge in [0, 0.05) is 30.3 Å². The molecule has 0 saturated heterocycles. The van der Waals surface area contributed by atoms with Gasteiger partial charge in [0.2, 0.25) is 0 Å². The van der Waals surface area contributed by atoms with E-state index in [9.17, 15) is 43.5 Å². The molecule has 0 radical (unpaired) electrons. The van der Waals surface area contributed by atoms with Gasteiger partial charge in [-0.1, -0.05) is 0 Å². The molecule has 4 rings (SSSR count). The number of halogens is 8. The Labute approximate surface area is 171 Å². The smallest absolute Gasteiger partial charge is 0.339 e. The Morgan fingerprint density at radius 2 is 1.77 bits per heavy atom. The number of hydrogen-bond donors (Lipinski definition) is 0. The van der Waals surface area contributed by atoms with E-state index < -0.39 is 61.5 Å². The summed E-state index contributed by atoms with van der Waals surface area (Å²) in [7, 11) is -6.12. The molecule has 0 spiro atoms. The summed E-state index contributed by atoms with van der Waals surface area (Å²) in [6.07, 6.45) is -4.08. The quantitative estimate of drug-likeness (QED) is 0.540. The van der Waals surface area contributed by atoms with Crippen LogP contribution in [0.5, 0.6) is 0 Å². The molecule has 1 heterocycles. The van der Waals surface area contributed by atoms with Crippen LogP contribution in [0.1, 0.15) is 29.3 Å². The van der Waals surface area contributed by atoms with E-state index in [0.717, 1.165) is 17.0 Å². The van der Waals surface area contributed by atoms with Crippen molar-refractivity contribution in [2.24, 2.45) is 0 Å². The summed E-state index contributed by atoms with van der Waals surface area (Å²) in [6, 6.07) is 2.83. The molecule has 1 unspecified atom stereocenters. The minimum Gasteiger partial charge on any atom is -0.339 e. The van der Waals surface area contributed by atoms with Crippen LogP contribution in [0.15, 0.2) is 29.2 Å². The van der Waals surface area contributed by atoms with Crippen molar-refractivity contribution in [1.82, 2.24) is 0 Å². The lowest BCUT2D eigenvalue weighted by Gasteiger charge is -2.33. The van der Waals surface area contributed by atoms with Gasteiger partial charge in [0.25, 0.3) is 15.8 Å². The van der Waals surface area contributed by atoms with Gasteiger partial charge < -0.3 is 4.90 Å². The minimum atomic E-state index is -6.12. The summed E-state index contributed by atoms with van der Waals surface area (Å²) in [6.45, 7) is 0.0237. The van der Waals surface area contributed by atoms with E-state index in [4.69, 9.17) is 0 Å². The van der Waals surface area contributed by atoms with Gasteiger partial charge in [-0.2, -0.15) is 13.2 Å². The van der Waals surface area contributed by atoms with E-state index in [0.29, 0.717) is 18.6 Å². The molecular formula is C19H13F8NO2S. The zero-order valence-corrected chi connectivity index (χ0v) is 16.2. The van der Waals surface area contributed by atoms with E-state index in [1.807, 2.05) is 0 Å². The maximum atomic E-state index is 14.5. The normalized spacial score (nSPS) is 20.5. The lowest BCUT2D eigenvalue weighted by molar-refractivity contribution is -0.0614. The van der Waals surface area contributed by atoms with Crippen LogP contribution >= 0.6 is 0 Å². The Morgan fingerprint density at radius 1 is 1.10 bits per heavy atom. The lowest BCUT2D eigenvalue weighted by atomic mass is 9.98. The average Bonchev–Trinajstić information content (AvgIpc) is 2.89. The second-order valence-electron chi connectivity index (χ2n) is 7.38. The first kappa shape index (κ1) is 21.8. The summed E-state index contributed by atoms with van der Waals surface area (Å²) < 4.78 is 134. The first-order valence-corrected chi connectivity index (χ1v) is 10.5. The van der Waals surface area contributed by atoms with Gasteiger partial charge in [-0.05, 0) is 42.2 Å². The van der Waals surface area contributed by atoms with Crippen molar-refractivity contribution in [3.63, 3.8) is 0 Å². The maximum absolute atomic E-state index is 14.5. The molecule has 2 aromatic rings. The van der Waals surface area contributed by atoms with Gasteiger partial charge >= 0.3 is 5.51 Å². The molecule has 0 N–H and O–H groups in total. The standard InChI is InChI=1S/C19H13F8NO2S/c20-10-6-9-2-1-5-28(16(9)12(21)7-10)13-3-4-14(31(29,30)19(25,26)27)15-11(13)8-18(23,24)17(15)22/h3-4,6-7,17H,1-2,5,8H2. The van der Waals surface area contributed by atoms with Crippen molar-refractivity contribution in [1.29, 1.82) is 0 Å². The molecule has 12 heteroatoms. The summed E-state index contributed by atoms with van der Waals surface area (Å²) >= 11 is 0. The van der Waals surface area contributed by atoms with Gasteiger partial charge in [0.1, 0.15) is 11.6 Å². The number of aryl methyl sites for hydroxylation is 1. The zero-order chi connectivity index (χ0) is 22.9. The van der Waals surface area contributed by atoms with Gasteiger partial charge in [0.15, 0.2) is 6.17 Å². The second kappa shape index (κ2) is 6.81. The van der Waals surface area contributed by atoms with Crippen molar-refractivity contribution in [2.45, 2.75) is 41.8 Å². The zero-order valence-electron chi connectivity index (χ0n) is 15.4. The fraction of sp³-hybridized carbons (Fsp3) is 0.368. The monoisotopic (exact) mass is 471 g/mol. The molecule has 0 fully saturated rings. The van der Waals surface area contributed by atoms with E-state index in [1.54, 1.807) is 0 Å². The minimum absolute atomic E-state index is 0.0237. The molecule has 1 atom stereocenters. The van der Waals surface area contributed by atoms with Crippen molar-refractivity contribution in [3.05, 3.63) is 52.6 Å². The molecular weight excluding hydrogens is 458 g/mol. The summed E-state index contributed by atoms with van der Waals surface area (Å²) in [5, 5.41) is 0. The number of alkyl halides is 6. The first-order valence-electron chi connectivity index (χ1n) is 9.00. The Bertz CT molecular complexity index is 1180. The highest BCUT2D eigenvalue weighted by molar-refractivity contribution is 7.92. The van der Waals surface area contributed by atoms with Crippen LogP contribution in [-0.2, 0) is 22.7 Å². The Morgan fingerprint density at radius 3 is 2.42 bits per heavy atom. The van der Waals surface area contributed by atoms with E-state index in [-0.39, 0.29) is 29.9 Å². The molecule has 0 amide bonds. The van der Waals surface area contributed by atoms with E-state index in [2.05, 4.69) is 0 Å². The topological polar surface area (TPSA) is 37.4 Å². The Kier molecular flexibility index (Phi) is 4.80. The molecule has 168 valence electrons. The predicted molar refractivity (Wildman–Crippen MR) is 93.9 cm³/mol. The number of anilines is 2. The third kappa shape index (κ3) is 3.26. The lowest BCUT2D eigenvalue weighted by Crippen LogP contribution is -2.28. The maximum Gasteiger partial charge on any atom is 0.501 e. The highest BCUT2D eigenvalue weighted by Crippen LogP contribution is 2.53. The molecule has 0 aromatic heterocycles. The van der Waals surface area contributed by atoms with Crippen LogP contribution in [0.4, 0.5) is 46.5 Å². The van der Waals surface area contributed by atoms with Gasteiger partial charge in [-0.3, -0.25) is 0 Å². The molecule has 2 aromatic carbocycles. The molecule has 0 saturated carbocycles. The van der Waals surface area contributed by atoms with Crippen LogP contribution in [0.3, 0.4) is 0 Å². The van der Waals surface area contributed by atoms with Gasteiger partial charge in [-0.25, -0.2) is 30.4 Å². The molecule has 1 aliphatic heterocycles. The fourth-order valence-electron chi connectivity index (χ4n) is 4.14. The molecule has 0 bridgehead atoms. The number of fused-ring (bicyclic) bond motifs is 2. The van der Waals surface area contributed by atoms with Gasteiger partial charge in [-0.15, -0.1) is 0 Å². The molecule has 1 aliphatic carbocycles. The molecule has 3 nitrogen and oxygen atoms in total. The predicted octanol–water partition coefficient (Wildman–Crippen LogP) is 5.54. The number of sulfone groups is 1. The van der Waals surface area contributed by atoms with E-state index in [1.165, 1.54) is 0 Å². The highest BCUT2D eigenvalue weighted by Gasteiger charge is 2.56. The van der Waals surface area contributed by atoms with Crippen LogP contribution in [-0.4, -0.2) is 26.4 Å². The number of rotatable bonds is 2. The Hall–Kier alpha value is -2.37. The molecule has 31 heavy (non-hydrogen) atoms. The van der Waals surface area contributed by atoms with Crippen molar-refractivity contribution in [3.8, 4) is 0 Å². The number of nitrogens with zero attached hydrogens (tertiary/aromatic N) is 1. The largest absolute Gasteiger partial charge is 0.501 e. The number of benzene rings is 2. The van der Waals surface area contributed by atoms with Crippen LogP contribution in [0, 0.1) is 11.6 Å². The van der Waals surface area contributed by atoms with Crippen molar-refractivity contribution in [2.75, 3.05) is 11.4 Å². The van der Waals surface area contributed by atoms with Crippen LogP contribution in [0.2, 0.25) is 0 Å². The van der Waals surface area contributed by atoms with Crippen LogP contribution in [0.25, 0.3) is 0 Å². The highest BCUT2D eigenvalue weighted by atomic mass is 32.2. The third-order valence-electron chi connectivity index (χ3n) is 5.42. The van der Waals surface area contributed by atoms with Gasteiger partial charge in [0.05, 0.1) is 10.6 Å². The summed E-state index contributed by atoms with van der Waals surface area (Å²) in [5.74, 6) is -6.06. The SMILES string of the molecule is O=S(=O)(c1ccc(N2CCCc3cc(F)cc(F)c32)c2c1C(F)C(F)(F)C2)C(F)(F)F. The third-order valence-corrected chi connectivity index (χ3v) is 6.96. The second-order valence-corrected chi connectivity index (χ2v) is 9.28. The van der Waals surface area contributed by atoms with Crippen molar-refractivity contribution >= 4 is 21.2 Å². The first-order chi connectivity index (χ1) is 14.3. The number of hydrogen-bond acceptors (Lipinski definition) is 3. The fourth-order valence-corrected chi connectivity index (χ4v) is 5.15. The van der Waals surface area contributed by atoms with Crippen molar-refractivity contribution < 1.29 is 43.5 Å². The average molecular weight is 471 g/mol. The Balaban J connectivity index is 1.97. The summed E-state index contributed by atoms with van der Waals surface area (Å²) in [5.41, 5.74) is -7.99. The van der Waals surface area contributed by atoms with E-state index >= 15 is 0 Å². The summed E-state index contributed by atoms with van der Waals surface area (Å²) in [4.78, 5) is -0.454. The molecule has 2 aliphatic rings.